The van der Waals surface area contributed by atoms with E-state index in [0.29, 0.717) is 30.2 Å². The average Bonchev–Trinajstić information content (AvgIpc) is 2.92. The molecule has 2 aromatic heterocycles. The molecule has 2 aromatic rings. The van der Waals surface area contributed by atoms with E-state index < -0.39 is 23.2 Å². The number of likely N-dealkylation sites (tertiary alicyclic amines) is 1. The third-order valence-electron chi connectivity index (χ3n) is 7.78. The average molecular weight is 568 g/mol. The normalized spacial score (nSPS) is 19.1. The van der Waals surface area contributed by atoms with Crippen LogP contribution in [-0.2, 0) is 10.4 Å². The van der Waals surface area contributed by atoms with E-state index >= 15 is 0 Å². The second-order valence-corrected chi connectivity index (χ2v) is 10.9. The summed E-state index contributed by atoms with van der Waals surface area (Å²) < 4.78 is 41.7. The van der Waals surface area contributed by atoms with E-state index in [1.54, 1.807) is 20.2 Å². The summed E-state index contributed by atoms with van der Waals surface area (Å²) in [5.41, 5.74) is -3.83. The zero-order valence-corrected chi connectivity index (χ0v) is 22.8. The van der Waals surface area contributed by atoms with Crippen LogP contribution in [0.15, 0.2) is 36.7 Å². The molecule has 1 unspecified atom stereocenters. The van der Waals surface area contributed by atoms with Gasteiger partial charge in [-0.05, 0) is 62.1 Å². The number of hydrogen-bond acceptors (Lipinski definition) is 6. The summed E-state index contributed by atoms with van der Waals surface area (Å²) >= 11 is 6.27. The summed E-state index contributed by atoms with van der Waals surface area (Å²) in [5, 5.41) is 10.8. The van der Waals surface area contributed by atoms with Gasteiger partial charge in [0, 0.05) is 58.2 Å². The highest BCUT2D eigenvalue weighted by molar-refractivity contribution is 6.32. The highest BCUT2D eigenvalue weighted by Crippen LogP contribution is 2.41. The molecule has 4 heterocycles. The maximum absolute atomic E-state index is 13.9. The molecule has 212 valence electrons. The Morgan fingerprint density at radius 3 is 2.18 bits per heavy atom. The fourth-order valence-corrected chi connectivity index (χ4v) is 5.69. The number of amides is 2. The van der Waals surface area contributed by atoms with E-state index in [2.05, 4.69) is 14.9 Å². The van der Waals surface area contributed by atoms with Crippen molar-refractivity contribution < 1.29 is 27.9 Å². The molecule has 0 aliphatic carbocycles. The number of hydrogen-bond donors (Lipinski definition) is 1. The Labute approximate surface area is 230 Å². The molecule has 2 aliphatic rings. The molecular formula is C27H33ClF3N5O3. The molecule has 0 bridgehead atoms. The highest BCUT2D eigenvalue weighted by atomic mass is 35.5. The maximum atomic E-state index is 13.9. The Kier molecular flexibility index (Phi) is 8.70. The number of rotatable bonds is 6. The van der Waals surface area contributed by atoms with Crippen LogP contribution in [-0.4, -0.2) is 83.1 Å². The van der Waals surface area contributed by atoms with Crippen LogP contribution in [0.3, 0.4) is 0 Å². The van der Waals surface area contributed by atoms with Gasteiger partial charge in [-0.25, -0.2) is 4.98 Å². The minimum Gasteiger partial charge on any atom is -0.368 e. The molecule has 0 saturated carbocycles. The number of carbonyl (C=O) groups is 2. The van der Waals surface area contributed by atoms with Gasteiger partial charge in [-0.1, -0.05) is 17.7 Å². The van der Waals surface area contributed by atoms with Crippen LogP contribution in [0.25, 0.3) is 0 Å². The zero-order valence-electron chi connectivity index (χ0n) is 22.0. The van der Waals surface area contributed by atoms with E-state index in [-0.39, 0.29) is 24.1 Å². The van der Waals surface area contributed by atoms with Crippen molar-refractivity contribution >= 4 is 29.2 Å². The maximum Gasteiger partial charge on any atom is 0.430 e. The van der Waals surface area contributed by atoms with Gasteiger partial charge in [-0.15, -0.1) is 0 Å². The van der Waals surface area contributed by atoms with Crippen molar-refractivity contribution in [3.8, 4) is 0 Å². The Hall–Kier alpha value is -2.92. The minimum atomic E-state index is -5.17. The molecule has 0 aromatic carbocycles. The number of carbonyl (C=O) groups excluding carboxylic acids is 2. The molecule has 39 heavy (non-hydrogen) atoms. The smallest absolute Gasteiger partial charge is 0.368 e. The number of anilines is 1. The Morgan fingerprint density at radius 1 is 1.05 bits per heavy atom. The first-order valence-corrected chi connectivity index (χ1v) is 13.4. The van der Waals surface area contributed by atoms with Crippen molar-refractivity contribution in [3.05, 3.63) is 52.9 Å². The van der Waals surface area contributed by atoms with E-state index in [1.165, 1.54) is 17.2 Å². The van der Waals surface area contributed by atoms with Crippen molar-refractivity contribution in [2.24, 2.45) is 11.8 Å². The van der Waals surface area contributed by atoms with Gasteiger partial charge in [-0.3, -0.25) is 14.6 Å². The van der Waals surface area contributed by atoms with Gasteiger partial charge in [0.05, 0.1) is 5.56 Å². The molecule has 4 rings (SSSR count). The molecule has 1 N–H and O–H groups in total. The van der Waals surface area contributed by atoms with Crippen LogP contribution in [0.5, 0.6) is 0 Å². The molecule has 2 amide bonds. The van der Waals surface area contributed by atoms with Gasteiger partial charge < -0.3 is 19.8 Å². The molecule has 2 saturated heterocycles. The Bertz CT molecular complexity index is 1170. The number of pyridine rings is 2. The second kappa shape index (κ2) is 11.7. The van der Waals surface area contributed by atoms with Gasteiger partial charge in [0.1, 0.15) is 11.0 Å². The third-order valence-corrected chi connectivity index (χ3v) is 8.06. The first-order valence-electron chi connectivity index (χ1n) is 13.0. The predicted molar refractivity (Wildman–Crippen MR) is 140 cm³/mol. The predicted octanol–water partition coefficient (Wildman–Crippen LogP) is 4.13. The Morgan fingerprint density at radius 2 is 1.67 bits per heavy atom. The monoisotopic (exact) mass is 567 g/mol. The number of aliphatic hydroxyl groups is 1. The second-order valence-electron chi connectivity index (χ2n) is 10.6. The quantitative estimate of drug-likeness (QED) is 0.528. The van der Waals surface area contributed by atoms with E-state index in [9.17, 15) is 27.9 Å². The summed E-state index contributed by atoms with van der Waals surface area (Å²) in [7, 11) is 3.31. The molecule has 0 spiro atoms. The van der Waals surface area contributed by atoms with E-state index in [0.717, 1.165) is 55.3 Å². The largest absolute Gasteiger partial charge is 0.430 e. The minimum absolute atomic E-state index is 0.168. The van der Waals surface area contributed by atoms with Crippen LogP contribution in [0, 0.1) is 11.8 Å². The number of nitrogens with zero attached hydrogens (tertiary/aromatic N) is 5. The summed E-state index contributed by atoms with van der Waals surface area (Å²) in [6.45, 7) is 1.91. The van der Waals surface area contributed by atoms with Crippen molar-refractivity contribution in [2.45, 2.75) is 43.9 Å². The molecule has 2 aliphatic heterocycles. The van der Waals surface area contributed by atoms with Gasteiger partial charge in [0.25, 0.3) is 17.4 Å². The number of alkyl halides is 3. The topological polar surface area (TPSA) is 89.9 Å². The number of aromatic nitrogens is 2. The summed E-state index contributed by atoms with van der Waals surface area (Å²) in [5.74, 6) is -0.0656. The molecule has 1 atom stereocenters. The van der Waals surface area contributed by atoms with E-state index in [4.69, 9.17) is 11.6 Å². The van der Waals surface area contributed by atoms with Crippen LogP contribution < -0.4 is 4.90 Å². The fraction of sp³-hybridized carbons (Fsp3) is 0.556. The summed E-state index contributed by atoms with van der Waals surface area (Å²) in [4.78, 5) is 37.9. The van der Waals surface area contributed by atoms with Crippen LogP contribution in [0.2, 0.25) is 5.15 Å². The standard InChI is InChI=1S/C27H33ClF3N5O3/c1-34(2)24(37)21-5-6-22(33-23(21)28)35-12-7-18(8-13-35)16-19-9-14-36(15-10-19)25(38)26(39,27(29,30)31)20-4-3-11-32-17-20/h3-6,11,17-19,39H,7-10,12-16H2,1-2H3. The molecule has 0 radical (unpaired) electrons. The first-order chi connectivity index (χ1) is 18.4. The SMILES string of the molecule is CN(C)C(=O)c1ccc(N2CCC(CC3CCN(C(=O)C(O)(c4cccnc4)C(F)(F)F)CC3)CC2)nc1Cl. The lowest BCUT2D eigenvalue weighted by molar-refractivity contribution is -0.262. The first kappa shape index (κ1) is 29.1. The van der Waals surface area contributed by atoms with Gasteiger partial charge >= 0.3 is 6.18 Å². The zero-order chi connectivity index (χ0) is 28.4. The van der Waals surface area contributed by atoms with Crippen molar-refractivity contribution in [2.75, 3.05) is 45.2 Å². The molecular weight excluding hydrogens is 535 g/mol. The lowest BCUT2D eigenvalue weighted by Gasteiger charge is -2.40. The molecule has 8 nitrogen and oxygen atoms in total. The summed E-state index contributed by atoms with van der Waals surface area (Å²) in [6.07, 6.45) is 0.988. The van der Waals surface area contributed by atoms with E-state index in [1.807, 2.05) is 6.07 Å². The van der Waals surface area contributed by atoms with Crippen LogP contribution in [0.4, 0.5) is 19.0 Å². The lowest BCUT2D eigenvalue weighted by Crippen LogP contribution is -2.57. The molecule has 2 fully saturated rings. The van der Waals surface area contributed by atoms with Gasteiger partial charge in [-0.2, -0.15) is 13.2 Å². The van der Waals surface area contributed by atoms with Gasteiger partial charge in [0.2, 0.25) is 0 Å². The number of piperidine rings is 2. The molecule has 12 heteroatoms. The van der Waals surface area contributed by atoms with Crippen LogP contribution in [0.1, 0.15) is 48.0 Å². The lowest BCUT2D eigenvalue weighted by atomic mass is 9.82. The highest BCUT2D eigenvalue weighted by Gasteiger charge is 2.62. The van der Waals surface area contributed by atoms with Crippen molar-refractivity contribution in [1.29, 1.82) is 0 Å². The third kappa shape index (κ3) is 6.14. The van der Waals surface area contributed by atoms with Crippen molar-refractivity contribution in [3.63, 3.8) is 0 Å². The van der Waals surface area contributed by atoms with Crippen LogP contribution >= 0.6 is 11.6 Å². The van der Waals surface area contributed by atoms with Crippen molar-refractivity contribution in [1.82, 2.24) is 19.8 Å². The van der Waals surface area contributed by atoms with Gasteiger partial charge in [0.15, 0.2) is 0 Å². The summed E-state index contributed by atoms with van der Waals surface area (Å²) in [6, 6.07) is 5.84. The Balaban J connectivity index is 1.29. The fourth-order valence-electron chi connectivity index (χ4n) is 5.46. The number of halogens is 4.